The van der Waals surface area contributed by atoms with E-state index in [-0.39, 0.29) is 39.4 Å². The maximum Gasteiger partial charge on any atom is 0.534 e. The standard InChI is InChI=1S/C35H25ClF9N9O7S2/c1-52-27-21(5-4-19(36)25(27)31(50-52)51-62(2,57)58)54-32(48-30-16(33(54)56)3-6-23(47-30)61-63(59,60)35(43,44)45)20(9-13-7-14(37)10-15(38)8-13)46-22(55)12-53-28-24(26(49-53)29(39)40)17-11-18(17)34(28,41)42/h3-8,10,17-18,20,29H,9,11-12H2,1-2H3,(H,46,55)(H,50,51)/t17-,18+,20?/m0/s1. The first-order valence-electron chi connectivity index (χ1n) is 17.8. The number of alkyl halides is 7. The number of nitrogens with zero attached hydrogens (tertiary/aromatic N) is 7. The molecule has 4 aromatic heterocycles. The van der Waals surface area contributed by atoms with Crippen molar-refractivity contribution in [3.63, 3.8) is 0 Å². The van der Waals surface area contributed by atoms with Crippen LogP contribution in [-0.2, 0) is 50.9 Å². The largest absolute Gasteiger partial charge is 0.534 e. The van der Waals surface area contributed by atoms with Gasteiger partial charge in [-0.1, -0.05) is 11.6 Å². The summed E-state index contributed by atoms with van der Waals surface area (Å²) in [5.41, 5.74) is -10.9. The minimum absolute atomic E-state index is 0.0988. The number of fused-ring (bicyclic) bond motifs is 5. The predicted molar refractivity (Wildman–Crippen MR) is 201 cm³/mol. The van der Waals surface area contributed by atoms with Crippen LogP contribution in [0.15, 0.2) is 47.3 Å². The van der Waals surface area contributed by atoms with E-state index in [1.807, 2.05) is 0 Å². The number of anilines is 1. The maximum atomic E-state index is 15.4. The van der Waals surface area contributed by atoms with Gasteiger partial charge >= 0.3 is 15.6 Å². The van der Waals surface area contributed by atoms with Gasteiger partial charge in [-0.05, 0) is 48.2 Å². The molecule has 28 heteroatoms. The number of benzene rings is 2. The Morgan fingerprint density at radius 1 is 1.03 bits per heavy atom. The van der Waals surface area contributed by atoms with E-state index in [1.54, 1.807) is 0 Å². The molecule has 4 heterocycles. The zero-order chi connectivity index (χ0) is 45.9. The lowest BCUT2D eigenvalue weighted by atomic mass is 10.0. The van der Waals surface area contributed by atoms with Gasteiger partial charge in [0, 0.05) is 37.1 Å². The van der Waals surface area contributed by atoms with Crippen molar-refractivity contribution in [2.24, 2.45) is 13.0 Å². The highest BCUT2D eigenvalue weighted by Gasteiger charge is 2.67. The predicted octanol–water partition coefficient (Wildman–Crippen LogP) is 5.64. The van der Waals surface area contributed by atoms with E-state index >= 15 is 8.78 Å². The fraction of sp³-hybridized carbons (Fsp3) is 0.314. The third kappa shape index (κ3) is 7.78. The summed E-state index contributed by atoms with van der Waals surface area (Å²) in [5, 5.41) is 9.36. The number of amides is 1. The average molecular weight is 954 g/mol. The van der Waals surface area contributed by atoms with Crippen molar-refractivity contribution in [1.29, 1.82) is 0 Å². The van der Waals surface area contributed by atoms with E-state index in [0.29, 0.717) is 16.8 Å². The summed E-state index contributed by atoms with van der Waals surface area (Å²) in [6.07, 6.45) is -3.35. The van der Waals surface area contributed by atoms with Crippen LogP contribution in [0.1, 0.15) is 53.1 Å². The van der Waals surface area contributed by atoms with Crippen LogP contribution in [0.5, 0.6) is 5.88 Å². The third-order valence-electron chi connectivity index (χ3n) is 10.1. The Labute approximate surface area is 351 Å². The topological polar surface area (TPSA) is 202 Å². The fourth-order valence-corrected chi connectivity index (χ4v) is 8.80. The number of pyridine rings is 1. The van der Waals surface area contributed by atoms with Gasteiger partial charge in [0.1, 0.15) is 35.4 Å². The van der Waals surface area contributed by atoms with Crippen LogP contribution in [0.2, 0.25) is 5.02 Å². The van der Waals surface area contributed by atoms with Gasteiger partial charge < -0.3 is 9.50 Å². The third-order valence-corrected chi connectivity index (χ3v) is 12.0. The Bertz CT molecular complexity index is 3200. The van der Waals surface area contributed by atoms with Crippen molar-refractivity contribution in [3.8, 4) is 11.6 Å². The Morgan fingerprint density at radius 2 is 1.71 bits per heavy atom. The van der Waals surface area contributed by atoms with Crippen molar-refractivity contribution in [2.45, 2.75) is 49.2 Å². The van der Waals surface area contributed by atoms with Crippen LogP contribution in [0.3, 0.4) is 0 Å². The van der Waals surface area contributed by atoms with Gasteiger partial charge in [-0.15, -0.1) is 0 Å². The molecule has 6 aromatic rings. The molecule has 2 N–H and O–H groups in total. The van der Waals surface area contributed by atoms with Crippen molar-refractivity contribution < 1.29 is 65.3 Å². The van der Waals surface area contributed by atoms with Gasteiger partial charge in [0.15, 0.2) is 11.5 Å². The first kappa shape index (κ1) is 43.7. The zero-order valence-corrected chi connectivity index (χ0v) is 33.9. The summed E-state index contributed by atoms with van der Waals surface area (Å²) in [6.45, 7) is -1.17. The van der Waals surface area contributed by atoms with Gasteiger partial charge in [0.2, 0.25) is 21.8 Å². The number of rotatable bonds is 12. The summed E-state index contributed by atoms with van der Waals surface area (Å²) >= 11 is 6.50. The van der Waals surface area contributed by atoms with E-state index in [2.05, 4.69) is 34.4 Å². The molecule has 0 saturated heterocycles. The van der Waals surface area contributed by atoms with Crippen molar-refractivity contribution >= 4 is 65.4 Å². The Hall–Kier alpha value is -5.96. The number of hydrogen-bond acceptors (Lipinski definition) is 11. The highest BCUT2D eigenvalue weighted by Crippen LogP contribution is 2.68. The van der Waals surface area contributed by atoms with E-state index in [9.17, 15) is 57.2 Å². The quantitative estimate of drug-likeness (QED) is 0.0874. The molecule has 3 atom stereocenters. The summed E-state index contributed by atoms with van der Waals surface area (Å²) in [6, 6.07) is 3.97. The molecule has 334 valence electrons. The number of carbonyl (C=O) groups excluding carboxylic acids is 1. The summed E-state index contributed by atoms with van der Waals surface area (Å²) in [7, 11) is -9.08. The molecule has 1 fully saturated rings. The molecule has 2 aliphatic carbocycles. The lowest BCUT2D eigenvalue weighted by Crippen LogP contribution is -2.38. The van der Waals surface area contributed by atoms with E-state index in [1.165, 1.54) is 19.2 Å². The average Bonchev–Trinajstić information content (AvgIpc) is 3.69. The second-order valence-corrected chi connectivity index (χ2v) is 18.2. The molecule has 63 heavy (non-hydrogen) atoms. The number of sulfonamides is 1. The second-order valence-electron chi connectivity index (χ2n) is 14.5. The van der Waals surface area contributed by atoms with E-state index in [4.69, 9.17) is 11.6 Å². The van der Waals surface area contributed by atoms with E-state index in [0.717, 1.165) is 33.7 Å². The number of aryl methyl sites for hydroxylation is 1. The minimum atomic E-state index is -6.34. The normalized spacial score (nSPS) is 17.5. The second kappa shape index (κ2) is 14.8. The number of hydrogen-bond donors (Lipinski definition) is 2. The molecule has 1 saturated carbocycles. The molecule has 0 aliphatic heterocycles. The van der Waals surface area contributed by atoms with Gasteiger partial charge in [-0.2, -0.15) is 45.6 Å². The van der Waals surface area contributed by atoms with Crippen molar-refractivity contribution in [1.82, 2.24) is 39.4 Å². The van der Waals surface area contributed by atoms with Crippen LogP contribution in [0, 0.1) is 17.6 Å². The molecule has 2 aliphatic rings. The maximum absolute atomic E-state index is 15.4. The van der Waals surface area contributed by atoms with E-state index < -0.39 is 132 Å². The first-order chi connectivity index (χ1) is 29.3. The van der Waals surface area contributed by atoms with Crippen LogP contribution in [0.25, 0.3) is 27.6 Å². The van der Waals surface area contributed by atoms with Crippen molar-refractivity contribution in [2.75, 3.05) is 11.0 Å². The molecular formula is C35H25ClF9N9O7S2. The number of aromatic nitrogens is 7. The molecule has 1 amide bonds. The van der Waals surface area contributed by atoms with Crippen LogP contribution in [0.4, 0.5) is 45.3 Å². The fourth-order valence-electron chi connectivity index (χ4n) is 7.65. The molecular weight excluding hydrogens is 929 g/mol. The minimum Gasteiger partial charge on any atom is -0.355 e. The number of halogens is 10. The summed E-state index contributed by atoms with van der Waals surface area (Å²) < 4.78 is 185. The number of nitrogens with one attached hydrogen (secondary N) is 2. The molecule has 0 radical (unpaired) electrons. The van der Waals surface area contributed by atoms with Gasteiger partial charge in [0.25, 0.3) is 17.9 Å². The lowest BCUT2D eigenvalue weighted by Gasteiger charge is -2.24. The zero-order valence-electron chi connectivity index (χ0n) is 31.6. The molecule has 1 unspecified atom stereocenters. The van der Waals surface area contributed by atoms with Crippen LogP contribution in [-0.4, -0.2) is 68.6 Å². The number of carbonyl (C=O) groups is 1. The van der Waals surface area contributed by atoms with Crippen LogP contribution < -0.4 is 19.8 Å². The van der Waals surface area contributed by atoms with Gasteiger partial charge in [-0.25, -0.2) is 31.0 Å². The molecule has 16 nitrogen and oxygen atoms in total. The Balaban J connectivity index is 1.35. The lowest BCUT2D eigenvalue weighted by molar-refractivity contribution is -0.123. The molecule has 0 bridgehead atoms. The monoisotopic (exact) mass is 953 g/mol. The summed E-state index contributed by atoms with van der Waals surface area (Å²) in [4.78, 5) is 36.6. The molecule has 2 aromatic carbocycles. The van der Waals surface area contributed by atoms with Gasteiger partial charge in [0.05, 0.1) is 39.3 Å². The summed E-state index contributed by atoms with van der Waals surface area (Å²) in [5.74, 6) is -11.8. The highest BCUT2D eigenvalue weighted by atomic mass is 35.5. The molecule has 8 rings (SSSR count). The Morgan fingerprint density at radius 3 is 2.35 bits per heavy atom. The molecule has 0 spiro atoms. The smallest absolute Gasteiger partial charge is 0.355 e. The highest BCUT2D eigenvalue weighted by molar-refractivity contribution is 7.92. The van der Waals surface area contributed by atoms with Crippen LogP contribution >= 0.6 is 11.6 Å². The van der Waals surface area contributed by atoms with Gasteiger partial charge in [-0.3, -0.25) is 28.2 Å². The Kier molecular flexibility index (Phi) is 10.3. The SMILES string of the molecule is Cn1nc(NS(C)(=O)=O)c2c(Cl)ccc(-n3c(C(Cc4cc(F)cc(F)c4)NC(=O)Cn4nc(C(F)F)c5c4C(F)(F)[C@@H]4C[C@H]54)nc4nc(OS(=O)(=O)C(F)(F)F)ccc4c3=O)c21. The first-order valence-corrected chi connectivity index (χ1v) is 21.5. The van der Waals surface area contributed by atoms with Crippen molar-refractivity contribution in [3.05, 3.63) is 97.8 Å².